The van der Waals surface area contributed by atoms with Crippen molar-refractivity contribution >= 4 is 6.29 Å². The van der Waals surface area contributed by atoms with E-state index in [0.717, 1.165) is 12.1 Å². The van der Waals surface area contributed by atoms with Crippen molar-refractivity contribution in [2.24, 2.45) is 0 Å². The van der Waals surface area contributed by atoms with Crippen LogP contribution in [0.2, 0.25) is 0 Å². The van der Waals surface area contributed by atoms with E-state index in [1.54, 1.807) is 6.92 Å². The number of alkyl halides is 3. The number of carbonyl (C=O) groups excluding carboxylic acids is 1. The highest BCUT2D eigenvalue weighted by Crippen LogP contribution is 2.31. The van der Waals surface area contributed by atoms with Crippen molar-refractivity contribution < 1.29 is 18.0 Å². The summed E-state index contributed by atoms with van der Waals surface area (Å²) in [6, 6.07) is 6.15. The summed E-state index contributed by atoms with van der Waals surface area (Å²) in [6.45, 7) is 1.64. The minimum Gasteiger partial charge on any atom is -0.296 e. The number of aromatic nitrogens is 2. The van der Waals surface area contributed by atoms with E-state index in [0.29, 0.717) is 12.0 Å². The highest BCUT2D eigenvalue weighted by Gasteiger charge is 2.30. The van der Waals surface area contributed by atoms with Crippen molar-refractivity contribution in [2.45, 2.75) is 13.1 Å². The first-order valence-corrected chi connectivity index (χ1v) is 5.38. The average molecular weight is 266 g/mol. The van der Waals surface area contributed by atoms with Crippen LogP contribution in [0.4, 0.5) is 13.2 Å². The maximum Gasteiger partial charge on any atom is 0.416 e. The number of rotatable bonds is 2. The molecule has 1 heterocycles. The number of halogens is 3. The Morgan fingerprint density at radius 1 is 1.16 bits per heavy atom. The second-order valence-corrected chi connectivity index (χ2v) is 3.95. The molecule has 0 atom stereocenters. The predicted octanol–water partition coefficient (Wildman–Crippen LogP) is 3.28. The molecular formula is C13H9F3N2O. The molecule has 2 aromatic rings. The van der Waals surface area contributed by atoms with Gasteiger partial charge in [0.2, 0.25) is 0 Å². The lowest BCUT2D eigenvalue weighted by molar-refractivity contribution is -0.137. The van der Waals surface area contributed by atoms with Crippen LogP contribution in [0.25, 0.3) is 11.4 Å². The Balaban J connectivity index is 2.53. The van der Waals surface area contributed by atoms with Gasteiger partial charge in [0.15, 0.2) is 12.1 Å². The Hall–Kier alpha value is -2.24. The van der Waals surface area contributed by atoms with E-state index in [-0.39, 0.29) is 17.1 Å². The Labute approximate surface area is 107 Å². The molecule has 19 heavy (non-hydrogen) atoms. The number of aldehydes is 1. The van der Waals surface area contributed by atoms with Crippen molar-refractivity contribution in [3.05, 3.63) is 47.3 Å². The van der Waals surface area contributed by atoms with Gasteiger partial charge in [-0.15, -0.1) is 0 Å². The van der Waals surface area contributed by atoms with Gasteiger partial charge in [0, 0.05) is 11.3 Å². The molecular weight excluding hydrogens is 257 g/mol. The zero-order chi connectivity index (χ0) is 14.0. The lowest BCUT2D eigenvalue weighted by Crippen LogP contribution is -2.05. The van der Waals surface area contributed by atoms with Gasteiger partial charge < -0.3 is 0 Å². The SMILES string of the molecule is Cc1cc(C=O)nc(-c2cccc(C(F)(F)F)c2)n1. The highest BCUT2D eigenvalue weighted by atomic mass is 19.4. The van der Waals surface area contributed by atoms with Crippen LogP contribution in [0.5, 0.6) is 0 Å². The van der Waals surface area contributed by atoms with Crippen LogP contribution in [-0.4, -0.2) is 16.3 Å². The molecule has 0 fully saturated rings. The van der Waals surface area contributed by atoms with Gasteiger partial charge in [-0.25, -0.2) is 9.97 Å². The number of hydrogen-bond donors (Lipinski definition) is 0. The van der Waals surface area contributed by atoms with E-state index >= 15 is 0 Å². The summed E-state index contributed by atoms with van der Waals surface area (Å²) in [4.78, 5) is 18.6. The van der Waals surface area contributed by atoms with Crippen LogP contribution < -0.4 is 0 Å². The summed E-state index contributed by atoms with van der Waals surface area (Å²) in [5.74, 6) is 0.105. The van der Waals surface area contributed by atoms with Crippen molar-refractivity contribution in [3.63, 3.8) is 0 Å². The second kappa shape index (κ2) is 4.79. The largest absolute Gasteiger partial charge is 0.416 e. The molecule has 0 N–H and O–H groups in total. The zero-order valence-corrected chi connectivity index (χ0v) is 9.90. The molecule has 3 nitrogen and oxygen atoms in total. The zero-order valence-electron chi connectivity index (χ0n) is 9.90. The maximum absolute atomic E-state index is 12.6. The van der Waals surface area contributed by atoms with E-state index in [9.17, 15) is 18.0 Å². The quantitative estimate of drug-likeness (QED) is 0.783. The van der Waals surface area contributed by atoms with E-state index in [1.165, 1.54) is 18.2 Å². The van der Waals surface area contributed by atoms with Gasteiger partial charge in [-0.1, -0.05) is 12.1 Å². The Kier molecular flexibility index (Phi) is 3.33. The fourth-order valence-corrected chi connectivity index (χ4v) is 1.62. The van der Waals surface area contributed by atoms with Gasteiger partial charge in [0.1, 0.15) is 5.69 Å². The summed E-state index contributed by atoms with van der Waals surface area (Å²) < 4.78 is 37.8. The molecule has 1 aromatic carbocycles. The van der Waals surface area contributed by atoms with Gasteiger partial charge in [-0.05, 0) is 25.1 Å². The number of aryl methyl sites for hydroxylation is 1. The summed E-state index contributed by atoms with van der Waals surface area (Å²) >= 11 is 0. The third kappa shape index (κ3) is 2.96. The number of nitrogens with zero attached hydrogens (tertiary/aromatic N) is 2. The van der Waals surface area contributed by atoms with Crippen LogP contribution in [0.15, 0.2) is 30.3 Å². The maximum atomic E-state index is 12.6. The standard InChI is InChI=1S/C13H9F3N2O/c1-8-5-11(7-19)18-12(17-8)9-3-2-4-10(6-9)13(14,15)16/h2-7H,1H3. The third-order valence-corrected chi connectivity index (χ3v) is 2.44. The first-order valence-electron chi connectivity index (χ1n) is 5.38. The lowest BCUT2D eigenvalue weighted by Gasteiger charge is -2.08. The summed E-state index contributed by atoms with van der Waals surface area (Å²) in [5.41, 5.74) is 0.105. The molecule has 0 saturated heterocycles. The van der Waals surface area contributed by atoms with Crippen molar-refractivity contribution in [2.75, 3.05) is 0 Å². The topological polar surface area (TPSA) is 42.9 Å². The molecule has 1 aromatic heterocycles. The van der Waals surface area contributed by atoms with Crippen LogP contribution in [0.3, 0.4) is 0 Å². The monoisotopic (exact) mass is 266 g/mol. The minimum absolute atomic E-state index is 0.105. The van der Waals surface area contributed by atoms with Gasteiger partial charge in [-0.2, -0.15) is 13.2 Å². The minimum atomic E-state index is -4.42. The molecule has 0 saturated carbocycles. The van der Waals surface area contributed by atoms with Gasteiger partial charge in [0.25, 0.3) is 0 Å². The Morgan fingerprint density at radius 3 is 2.53 bits per heavy atom. The van der Waals surface area contributed by atoms with Crippen LogP contribution in [0.1, 0.15) is 21.7 Å². The molecule has 0 amide bonds. The van der Waals surface area contributed by atoms with Gasteiger partial charge in [-0.3, -0.25) is 4.79 Å². The smallest absolute Gasteiger partial charge is 0.296 e. The van der Waals surface area contributed by atoms with Crippen LogP contribution in [0, 0.1) is 6.92 Å². The number of carbonyl (C=O) groups is 1. The average Bonchev–Trinajstić information content (AvgIpc) is 2.37. The van der Waals surface area contributed by atoms with Crippen LogP contribution >= 0.6 is 0 Å². The first kappa shape index (κ1) is 13.2. The van der Waals surface area contributed by atoms with Gasteiger partial charge >= 0.3 is 6.18 Å². The number of benzene rings is 1. The molecule has 6 heteroatoms. The second-order valence-electron chi connectivity index (χ2n) is 3.95. The molecule has 0 bridgehead atoms. The third-order valence-electron chi connectivity index (χ3n) is 2.44. The molecule has 0 aliphatic rings. The van der Waals surface area contributed by atoms with Crippen LogP contribution in [-0.2, 0) is 6.18 Å². The summed E-state index contributed by atoms with van der Waals surface area (Å²) in [7, 11) is 0. The molecule has 0 radical (unpaired) electrons. The summed E-state index contributed by atoms with van der Waals surface area (Å²) in [5, 5.41) is 0. The molecule has 0 unspecified atom stereocenters. The normalized spacial score (nSPS) is 11.4. The predicted molar refractivity (Wildman–Crippen MR) is 62.6 cm³/mol. The molecule has 0 spiro atoms. The summed E-state index contributed by atoms with van der Waals surface area (Å²) in [6.07, 6.45) is -3.89. The van der Waals surface area contributed by atoms with Crippen molar-refractivity contribution in [3.8, 4) is 11.4 Å². The van der Waals surface area contributed by atoms with Crippen molar-refractivity contribution in [1.82, 2.24) is 9.97 Å². The highest BCUT2D eigenvalue weighted by molar-refractivity contribution is 5.73. The first-order chi connectivity index (χ1) is 8.90. The lowest BCUT2D eigenvalue weighted by atomic mass is 10.1. The Bertz CT molecular complexity index is 624. The van der Waals surface area contributed by atoms with Crippen molar-refractivity contribution in [1.29, 1.82) is 0 Å². The van der Waals surface area contributed by atoms with E-state index < -0.39 is 11.7 Å². The number of hydrogen-bond acceptors (Lipinski definition) is 3. The molecule has 98 valence electrons. The molecule has 0 aliphatic heterocycles. The van der Waals surface area contributed by atoms with Gasteiger partial charge in [0.05, 0.1) is 5.56 Å². The Morgan fingerprint density at radius 2 is 1.89 bits per heavy atom. The fourth-order valence-electron chi connectivity index (χ4n) is 1.62. The molecule has 0 aliphatic carbocycles. The van der Waals surface area contributed by atoms with E-state index in [4.69, 9.17) is 0 Å². The van der Waals surface area contributed by atoms with E-state index in [2.05, 4.69) is 9.97 Å². The fraction of sp³-hybridized carbons (Fsp3) is 0.154. The molecule has 2 rings (SSSR count). The van der Waals surface area contributed by atoms with E-state index in [1.807, 2.05) is 0 Å².